The molecule has 0 aromatic heterocycles. The van der Waals surface area contributed by atoms with Gasteiger partial charge in [0.25, 0.3) is 0 Å². The summed E-state index contributed by atoms with van der Waals surface area (Å²) in [5.74, 6) is -0.907. The van der Waals surface area contributed by atoms with E-state index in [1.807, 2.05) is 91.9 Å². The van der Waals surface area contributed by atoms with Crippen LogP contribution in [0.4, 0.5) is 5.69 Å². The monoisotopic (exact) mass is 408 g/mol. The molecule has 0 aliphatic heterocycles. The molecule has 4 nitrogen and oxygen atoms in total. The van der Waals surface area contributed by atoms with Crippen molar-refractivity contribution in [3.8, 4) is 11.1 Å². The fourth-order valence-corrected chi connectivity index (χ4v) is 3.92. The Bertz CT molecular complexity index is 1250. The van der Waals surface area contributed by atoms with Crippen molar-refractivity contribution < 1.29 is 9.59 Å². The van der Waals surface area contributed by atoms with Crippen LogP contribution < -0.4 is 11.1 Å². The molecule has 3 N–H and O–H groups in total. The number of nitrogens with two attached hydrogens (primary N) is 1. The van der Waals surface area contributed by atoms with Crippen molar-refractivity contribution in [3.05, 3.63) is 102 Å². The first-order valence-electron chi connectivity index (χ1n) is 10.4. The molecule has 0 fully saturated rings. The third-order valence-electron chi connectivity index (χ3n) is 5.54. The minimum Gasteiger partial charge on any atom is -0.366 e. The van der Waals surface area contributed by atoms with Crippen LogP contribution in [0.25, 0.3) is 21.9 Å². The third kappa shape index (κ3) is 4.33. The number of nitrogens with one attached hydrogen (secondary N) is 1. The number of carbonyl (C=O) groups is 2. The lowest BCUT2D eigenvalue weighted by atomic mass is 9.94. The highest BCUT2D eigenvalue weighted by atomic mass is 16.2. The van der Waals surface area contributed by atoms with Gasteiger partial charge in [-0.15, -0.1) is 0 Å². The lowest BCUT2D eigenvalue weighted by Crippen LogP contribution is -2.21. The van der Waals surface area contributed by atoms with Crippen molar-refractivity contribution in [2.45, 2.75) is 19.3 Å². The fourth-order valence-electron chi connectivity index (χ4n) is 3.92. The zero-order chi connectivity index (χ0) is 21.8. The van der Waals surface area contributed by atoms with Crippen LogP contribution in [0.5, 0.6) is 0 Å². The summed E-state index contributed by atoms with van der Waals surface area (Å²) >= 11 is 0. The van der Waals surface area contributed by atoms with Gasteiger partial charge in [0.05, 0.1) is 5.92 Å². The minimum atomic E-state index is -0.533. The number of amides is 2. The Kier molecular flexibility index (Phi) is 5.80. The van der Waals surface area contributed by atoms with Crippen LogP contribution in [0.2, 0.25) is 0 Å². The number of fused-ring (bicyclic) bond motifs is 1. The smallest absolute Gasteiger partial charge is 0.249 e. The molecule has 4 heteroatoms. The van der Waals surface area contributed by atoms with Crippen molar-refractivity contribution in [2.75, 3.05) is 5.32 Å². The zero-order valence-corrected chi connectivity index (χ0v) is 17.3. The number of hydrogen-bond donors (Lipinski definition) is 2. The number of benzene rings is 4. The van der Waals surface area contributed by atoms with Crippen LogP contribution in [0, 0.1) is 0 Å². The first-order valence-corrected chi connectivity index (χ1v) is 10.4. The van der Waals surface area contributed by atoms with Crippen LogP contribution in [0.3, 0.4) is 0 Å². The predicted molar refractivity (Wildman–Crippen MR) is 126 cm³/mol. The Morgan fingerprint density at radius 1 is 0.839 bits per heavy atom. The average Bonchev–Trinajstić information content (AvgIpc) is 2.80. The Morgan fingerprint density at radius 2 is 1.55 bits per heavy atom. The summed E-state index contributed by atoms with van der Waals surface area (Å²) in [6, 6.07) is 29.1. The second-order valence-electron chi connectivity index (χ2n) is 7.55. The molecule has 0 radical (unpaired) electrons. The average molecular weight is 409 g/mol. The van der Waals surface area contributed by atoms with E-state index in [2.05, 4.69) is 5.32 Å². The summed E-state index contributed by atoms with van der Waals surface area (Å²) < 4.78 is 0. The van der Waals surface area contributed by atoms with E-state index in [-0.39, 0.29) is 11.8 Å². The van der Waals surface area contributed by atoms with E-state index in [4.69, 9.17) is 5.73 Å². The van der Waals surface area contributed by atoms with Gasteiger partial charge >= 0.3 is 0 Å². The van der Waals surface area contributed by atoms with Gasteiger partial charge in [0, 0.05) is 11.3 Å². The van der Waals surface area contributed by atoms with Gasteiger partial charge in [-0.1, -0.05) is 79.7 Å². The summed E-state index contributed by atoms with van der Waals surface area (Å²) in [5.41, 5.74) is 9.23. The van der Waals surface area contributed by atoms with Crippen molar-refractivity contribution in [2.24, 2.45) is 5.73 Å². The van der Waals surface area contributed by atoms with Gasteiger partial charge in [0.1, 0.15) is 0 Å². The molecular formula is C27H24N2O2. The quantitative estimate of drug-likeness (QED) is 0.427. The largest absolute Gasteiger partial charge is 0.366 e. The zero-order valence-electron chi connectivity index (χ0n) is 17.3. The van der Waals surface area contributed by atoms with E-state index in [1.54, 1.807) is 6.07 Å². The predicted octanol–water partition coefficient (Wildman–Crippen LogP) is 5.74. The van der Waals surface area contributed by atoms with Gasteiger partial charge in [0.15, 0.2) is 0 Å². The number of rotatable bonds is 6. The molecule has 154 valence electrons. The van der Waals surface area contributed by atoms with Crippen molar-refractivity contribution >= 4 is 28.3 Å². The first kappa shape index (κ1) is 20.4. The molecule has 31 heavy (non-hydrogen) atoms. The van der Waals surface area contributed by atoms with Crippen molar-refractivity contribution in [1.29, 1.82) is 0 Å². The molecule has 1 unspecified atom stereocenters. The summed E-state index contributed by atoms with van der Waals surface area (Å²) in [7, 11) is 0. The second kappa shape index (κ2) is 8.84. The van der Waals surface area contributed by atoms with Crippen LogP contribution in [0.15, 0.2) is 91.0 Å². The SMILES string of the molecule is CCC(C(=O)Nc1ccc(-c2ccc3ccccc3c2)c(C(N)=O)c1)c1ccccc1. The van der Waals surface area contributed by atoms with Crippen LogP contribution in [0.1, 0.15) is 35.2 Å². The standard InChI is InChI=1S/C27H24N2O2/c1-2-23(19-9-4-3-5-10-19)27(31)29-22-14-15-24(25(17-22)26(28)30)21-13-12-18-8-6-7-11-20(18)16-21/h3-17,23H,2H2,1H3,(H2,28,30)(H,29,31). The Hall–Kier alpha value is -3.92. The molecule has 0 spiro atoms. The molecule has 0 saturated carbocycles. The maximum Gasteiger partial charge on any atom is 0.249 e. The van der Waals surface area contributed by atoms with E-state index in [9.17, 15) is 9.59 Å². The molecule has 1 atom stereocenters. The van der Waals surface area contributed by atoms with E-state index in [0.29, 0.717) is 17.7 Å². The Labute approximate surface area is 181 Å². The summed E-state index contributed by atoms with van der Waals surface area (Å²) in [6.07, 6.45) is 0.674. The summed E-state index contributed by atoms with van der Waals surface area (Å²) in [6.45, 7) is 1.98. The molecular weight excluding hydrogens is 384 g/mol. The fraction of sp³-hybridized carbons (Fsp3) is 0.111. The van der Waals surface area contributed by atoms with E-state index in [0.717, 1.165) is 27.5 Å². The molecule has 4 aromatic rings. The normalized spacial score (nSPS) is 11.8. The van der Waals surface area contributed by atoms with E-state index >= 15 is 0 Å². The van der Waals surface area contributed by atoms with Gasteiger partial charge in [-0.25, -0.2) is 0 Å². The molecule has 0 aliphatic rings. The third-order valence-corrected chi connectivity index (χ3v) is 5.54. The van der Waals surface area contributed by atoms with Gasteiger partial charge in [-0.05, 0) is 52.1 Å². The van der Waals surface area contributed by atoms with Crippen molar-refractivity contribution in [3.63, 3.8) is 0 Å². The van der Waals surface area contributed by atoms with E-state index < -0.39 is 5.91 Å². The molecule has 0 bridgehead atoms. The first-order chi connectivity index (χ1) is 15.1. The second-order valence-corrected chi connectivity index (χ2v) is 7.55. The summed E-state index contributed by atoms with van der Waals surface area (Å²) in [4.78, 5) is 25.1. The highest BCUT2D eigenvalue weighted by Crippen LogP contribution is 2.30. The van der Waals surface area contributed by atoms with Gasteiger partial charge < -0.3 is 11.1 Å². The lowest BCUT2D eigenvalue weighted by Gasteiger charge is -2.17. The van der Waals surface area contributed by atoms with Gasteiger partial charge in [-0.2, -0.15) is 0 Å². The van der Waals surface area contributed by atoms with Crippen LogP contribution >= 0.6 is 0 Å². The highest BCUT2D eigenvalue weighted by Gasteiger charge is 2.19. The topological polar surface area (TPSA) is 72.2 Å². The Morgan fingerprint density at radius 3 is 2.26 bits per heavy atom. The highest BCUT2D eigenvalue weighted by molar-refractivity contribution is 6.03. The van der Waals surface area contributed by atoms with Crippen LogP contribution in [-0.2, 0) is 4.79 Å². The Balaban J connectivity index is 1.65. The lowest BCUT2D eigenvalue weighted by molar-refractivity contribution is -0.117. The maximum atomic E-state index is 12.9. The van der Waals surface area contributed by atoms with Gasteiger partial charge in [0.2, 0.25) is 11.8 Å². The molecule has 2 amide bonds. The number of anilines is 1. The number of primary amides is 1. The summed E-state index contributed by atoms with van der Waals surface area (Å²) in [5, 5.41) is 5.16. The molecule has 0 heterocycles. The molecule has 0 saturated heterocycles. The van der Waals surface area contributed by atoms with E-state index in [1.165, 1.54) is 0 Å². The van der Waals surface area contributed by atoms with Gasteiger partial charge in [-0.3, -0.25) is 9.59 Å². The van der Waals surface area contributed by atoms with Crippen molar-refractivity contribution in [1.82, 2.24) is 0 Å². The molecule has 4 aromatic carbocycles. The minimum absolute atomic E-state index is 0.109. The molecule has 0 aliphatic carbocycles. The number of hydrogen-bond acceptors (Lipinski definition) is 2. The van der Waals surface area contributed by atoms with Crippen LogP contribution in [-0.4, -0.2) is 11.8 Å². The number of carbonyl (C=O) groups excluding carboxylic acids is 2. The molecule has 4 rings (SSSR count). The maximum absolute atomic E-state index is 12.9.